The Hall–Kier alpha value is -1.37. The number of alkyl halides is 5. The van der Waals surface area contributed by atoms with Crippen molar-refractivity contribution < 1.29 is 31.5 Å². The fourth-order valence-electron chi connectivity index (χ4n) is 1.31. The van der Waals surface area contributed by atoms with E-state index < -0.39 is 30.2 Å². The molecule has 0 aliphatic rings. The first-order valence-corrected chi connectivity index (χ1v) is 5.88. The van der Waals surface area contributed by atoms with Crippen molar-refractivity contribution >= 4 is 16.8 Å². The van der Waals surface area contributed by atoms with Crippen molar-refractivity contribution in [1.82, 2.24) is 0 Å². The van der Waals surface area contributed by atoms with Crippen molar-refractivity contribution in [3.8, 4) is 5.75 Å². The number of benzene rings is 1. The number of carbonyl (C=O) groups excluding carboxylic acids is 1. The Kier molecular flexibility index (Phi) is 5.33. The van der Waals surface area contributed by atoms with Crippen LogP contribution in [0.1, 0.15) is 23.2 Å². The molecule has 1 aromatic rings. The van der Waals surface area contributed by atoms with Gasteiger partial charge in [-0.25, -0.2) is 0 Å². The lowest BCUT2D eigenvalue weighted by atomic mass is 10.2. The summed E-state index contributed by atoms with van der Waals surface area (Å²) in [7, 11) is 0. The van der Waals surface area contributed by atoms with Gasteiger partial charge in [0.1, 0.15) is 5.75 Å². The van der Waals surface area contributed by atoms with Gasteiger partial charge in [0, 0.05) is 12.0 Å². The van der Waals surface area contributed by atoms with E-state index in [1.165, 1.54) is 24.3 Å². The molecule has 0 spiro atoms. The van der Waals surface area contributed by atoms with Gasteiger partial charge in [0.2, 0.25) is 0 Å². The Morgan fingerprint density at radius 1 is 1.10 bits per heavy atom. The molecule has 0 amide bonds. The molecule has 0 N–H and O–H groups in total. The molecule has 0 radical (unpaired) electrons. The lowest BCUT2D eigenvalue weighted by Crippen LogP contribution is -2.36. The molecule has 0 atom stereocenters. The molecular weight excluding hydrogens is 307 g/mol. The first kappa shape index (κ1) is 16.7. The Bertz CT molecular complexity index is 456. The first-order valence-electron chi connectivity index (χ1n) is 5.51. The van der Waals surface area contributed by atoms with Gasteiger partial charge in [-0.1, -0.05) is 0 Å². The van der Waals surface area contributed by atoms with Gasteiger partial charge in [-0.2, -0.15) is 22.0 Å². The topological polar surface area (TPSA) is 26.3 Å². The molecule has 0 heterocycles. The van der Waals surface area contributed by atoms with Gasteiger partial charge in [-0.05, 0) is 42.3 Å². The van der Waals surface area contributed by atoms with Crippen molar-refractivity contribution in [3.63, 3.8) is 0 Å². The van der Waals surface area contributed by atoms with Crippen molar-refractivity contribution in [2.24, 2.45) is 0 Å². The zero-order valence-electron chi connectivity index (χ0n) is 10.0. The summed E-state index contributed by atoms with van der Waals surface area (Å²) in [4.78, 5) is 10.8. The standard InChI is InChI=1S/C12H10ClF5O2/c13-10(19)8-2-4-9(5-3-8)20-7-1-6-11(14,15)12(16,17)18/h2-5H,1,6-7H2. The molecule has 0 fully saturated rings. The minimum Gasteiger partial charge on any atom is -0.494 e. The van der Waals surface area contributed by atoms with Crippen LogP contribution in [-0.4, -0.2) is 23.9 Å². The molecule has 0 saturated heterocycles. The fraction of sp³-hybridized carbons (Fsp3) is 0.417. The normalized spacial score (nSPS) is 12.3. The van der Waals surface area contributed by atoms with Gasteiger partial charge in [0.15, 0.2) is 0 Å². The van der Waals surface area contributed by atoms with E-state index in [1.54, 1.807) is 0 Å². The van der Waals surface area contributed by atoms with E-state index in [1.807, 2.05) is 0 Å². The van der Waals surface area contributed by atoms with Crippen molar-refractivity contribution in [1.29, 1.82) is 0 Å². The fourth-order valence-corrected chi connectivity index (χ4v) is 1.43. The van der Waals surface area contributed by atoms with Crippen LogP contribution in [0.3, 0.4) is 0 Å². The van der Waals surface area contributed by atoms with E-state index >= 15 is 0 Å². The average molecular weight is 317 g/mol. The molecule has 0 aromatic heterocycles. The van der Waals surface area contributed by atoms with Gasteiger partial charge in [-0.15, -0.1) is 0 Å². The highest BCUT2D eigenvalue weighted by Crippen LogP contribution is 2.38. The summed E-state index contributed by atoms with van der Waals surface area (Å²) in [5.74, 6) is -4.47. The molecule has 0 aliphatic heterocycles. The molecule has 8 heteroatoms. The molecule has 0 aliphatic carbocycles. The van der Waals surface area contributed by atoms with Crippen LogP contribution in [0.15, 0.2) is 24.3 Å². The van der Waals surface area contributed by atoms with Crippen LogP contribution in [-0.2, 0) is 0 Å². The molecule has 112 valence electrons. The molecular formula is C12H10ClF5O2. The monoisotopic (exact) mass is 316 g/mol. The highest BCUT2D eigenvalue weighted by Gasteiger charge is 2.56. The minimum atomic E-state index is -5.55. The second-order valence-corrected chi connectivity index (χ2v) is 4.30. The Balaban J connectivity index is 2.40. The van der Waals surface area contributed by atoms with Crippen LogP contribution in [0.25, 0.3) is 0 Å². The van der Waals surface area contributed by atoms with E-state index in [0.29, 0.717) is 0 Å². The molecule has 0 saturated carbocycles. The summed E-state index contributed by atoms with van der Waals surface area (Å²) in [6.45, 7) is -0.292. The zero-order chi connectivity index (χ0) is 15.4. The summed E-state index contributed by atoms with van der Waals surface area (Å²) < 4.78 is 65.7. The van der Waals surface area contributed by atoms with E-state index in [0.717, 1.165) is 0 Å². The molecule has 1 rings (SSSR count). The second-order valence-electron chi connectivity index (χ2n) is 3.95. The predicted molar refractivity (Wildman–Crippen MR) is 62.4 cm³/mol. The Morgan fingerprint density at radius 3 is 2.10 bits per heavy atom. The number of hydrogen-bond acceptors (Lipinski definition) is 2. The van der Waals surface area contributed by atoms with Crippen LogP contribution in [0.4, 0.5) is 22.0 Å². The van der Waals surface area contributed by atoms with Gasteiger partial charge < -0.3 is 4.74 Å². The predicted octanol–water partition coefficient (Wildman–Crippen LogP) is 4.42. The zero-order valence-corrected chi connectivity index (χ0v) is 10.8. The second kappa shape index (κ2) is 6.39. The van der Waals surface area contributed by atoms with Gasteiger partial charge in [-0.3, -0.25) is 4.79 Å². The average Bonchev–Trinajstić information content (AvgIpc) is 2.34. The van der Waals surface area contributed by atoms with Crippen molar-refractivity contribution in [2.75, 3.05) is 6.61 Å². The number of ether oxygens (including phenoxy) is 1. The summed E-state index contributed by atoms with van der Waals surface area (Å²) in [5, 5.41) is -0.665. The molecule has 0 unspecified atom stereocenters. The maximum atomic E-state index is 12.6. The van der Waals surface area contributed by atoms with Gasteiger partial charge in [0.25, 0.3) is 5.24 Å². The SMILES string of the molecule is O=C(Cl)c1ccc(OCCCC(F)(F)C(F)(F)F)cc1. The van der Waals surface area contributed by atoms with Gasteiger partial charge in [0.05, 0.1) is 6.61 Å². The smallest absolute Gasteiger partial charge is 0.453 e. The molecule has 2 nitrogen and oxygen atoms in total. The highest BCUT2D eigenvalue weighted by molar-refractivity contribution is 6.67. The van der Waals surface area contributed by atoms with Crippen molar-refractivity contribution in [2.45, 2.75) is 24.9 Å². The van der Waals surface area contributed by atoms with Crippen LogP contribution in [0.2, 0.25) is 0 Å². The third-order valence-electron chi connectivity index (χ3n) is 2.40. The van der Waals surface area contributed by atoms with E-state index in [-0.39, 0.29) is 17.9 Å². The number of halogens is 6. The van der Waals surface area contributed by atoms with E-state index in [9.17, 15) is 26.7 Å². The first-order chi connectivity index (χ1) is 9.13. The van der Waals surface area contributed by atoms with Crippen LogP contribution in [0.5, 0.6) is 5.75 Å². The van der Waals surface area contributed by atoms with E-state index in [2.05, 4.69) is 0 Å². The summed E-state index contributed by atoms with van der Waals surface area (Å²) >= 11 is 5.21. The molecule has 0 bridgehead atoms. The lowest BCUT2D eigenvalue weighted by Gasteiger charge is -2.19. The summed E-state index contributed by atoms with van der Waals surface area (Å²) in [6.07, 6.45) is -7.34. The van der Waals surface area contributed by atoms with Gasteiger partial charge >= 0.3 is 12.1 Å². The maximum Gasteiger partial charge on any atom is 0.453 e. The summed E-state index contributed by atoms with van der Waals surface area (Å²) in [6, 6.07) is 5.46. The Labute approximate surface area is 116 Å². The molecule has 1 aromatic carbocycles. The summed E-state index contributed by atoms with van der Waals surface area (Å²) in [5.41, 5.74) is 0.225. The largest absolute Gasteiger partial charge is 0.494 e. The van der Waals surface area contributed by atoms with Crippen LogP contribution < -0.4 is 4.74 Å². The number of hydrogen-bond donors (Lipinski definition) is 0. The quantitative estimate of drug-likeness (QED) is 0.441. The minimum absolute atomic E-state index is 0.225. The third-order valence-corrected chi connectivity index (χ3v) is 2.62. The number of rotatable bonds is 6. The highest BCUT2D eigenvalue weighted by atomic mass is 35.5. The number of carbonyl (C=O) groups is 1. The third kappa shape index (κ3) is 4.63. The Morgan fingerprint density at radius 2 is 1.65 bits per heavy atom. The van der Waals surface area contributed by atoms with Crippen LogP contribution >= 0.6 is 11.6 Å². The van der Waals surface area contributed by atoms with Crippen molar-refractivity contribution in [3.05, 3.63) is 29.8 Å². The van der Waals surface area contributed by atoms with Crippen LogP contribution in [0, 0.1) is 0 Å². The molecule has 20 heavy (non-hydrogen) atoms. The lowest BCUT2D eigenvalue weighted by molar-refractivity contribution is -0.284. The maximum absolute atomic E-state index is 12.6. The van der Waals surface area contributed by atoms with E-state index in [4.69, 9.17) is 16.3 Å².